The van der Waals surface area contributed by atoms with Gasteiger partial charge in [-0.05, 0) is 63.1 Å². The molecular formula is C34H41ClN10O4. The Kier molecular flexibility index (Phi) is 10.3. The Labute approximate surface area is 289 Å². The van der Waals surface area contributed by atoms with Crippen LogP contribution < -0.4 is 20.5 Å². The van der Waals surface area contributed by atoms with E-state index in [1.54, 1.807) is 24.7 Å². The Bertz CT molecular complexity index is 1710. The second kappa shape index (κ2) is 15.3. The van der Waals surface area contributed by atoms with Gasteiger partial charge in [0.1, 0.15) is 30.1 Å². The quantitative estimate of drug-likeness (QED) is 0.136. The zero-order chi connectivity index (χ0) is 33.6. The number of nitrogens with two attached hydrogens (primary N) is 1. The van der Waals surface area contributed by atoms with Gasteiger partial charge in [-0.1, -0.05) is 17.7 Å². The topological polar surface area (TPSA) is 163 Å². The minimum Gasteiger partial charge on any atom is -0.487 e. The van der Waals surface area contributed by atoms with Gasteiger partial charge in [-0.15, -0.1) is 5.10 Å². The molecule has 3 aromatic heterocycles. The van der Waals surface area contributed by atoms with E-state index in [-0.39, 0.29) is 18.8 Å². The molecule has 3 aliphatic rings. The van der Waals surface area contributed by atoms with Crippen LogP contribution in [0.2, 0.25) is 5.02 Å². The van der Waals surface area contributed by atoms with Crippen LogP contribution in [0.3, 0.4) is 0 Å². The number of ether oxygens (including phenoxy) is 3. The number of oxazole rings is 1. The Morgan fingerprint density at radius 2 is 1.80 bits per heavy atom. The Hall–Kier alpha value is -4.53. The predicted octanol–water partition coefficient (Wildman–Crippen LogP) is 5.43. The zero-order valence-corrected chi connectivity index (χ0v) is 28.2. The van der Waals surface area contributed by atoms with Crippen LogP contribution in [0.5, 0.6) is 11.6 Å². The molecule has 15 heteroatoms. The van der Waals surface area contributed by atoms with E-state index in [9.17, 15) is 0 Å². The first-order valence-electron chi connectivity index (χ1n) is 16.8. The number of nitrogens with one attached hydrogen (secondary N) is 1. The van der Waals surface area contributed by atoms with Crippen LogP contribution in [0.4, 0.5) is 11.6 Å². The molecule has 14 nitrogen and oxygen atoms in total. The Morgan fingerprint density at radius 1 is 1.04 bits per heavy atom. The highest BCUT2D eigenvalue weighted by molar-refractivity contribution is 6.32. The molecule has 3 fully saturated rings. The van der Waals surface area contributed by atoms with Crippen molar-refractivity contribution in [2.75, 3.05) is 25.1 Å². The third kappa shape index (κ3) is 7.87. The van der Waals surface area contributed by atoms with Gasteiger partial charge in [0.05, 0.1) is 49.6 Å². The van der Waals surface area contributed by atoms with Crippen molar-refractivity contribution in [2.24, 2.45) is 15.7 Å². The molecule has 3 N–H and O–H groups in total. The summed E-state index contributed by atoms with van der Waals surface area (Å²) in [6.45, 7) is 4.20. The Balaban J connectivity index is 1.03. The van der Waals surface area contributed by atoms with Crippen LogP contribution in [0.15, 0.2) is 63.7 Å². The summed E-state index contributed by atoms with van der Waals surface area (Å²) < 4.78 is 25.4. The zero-order valence-electron chi connectivity index (χ0n) is 27.4. The molecule has 1 aromatic carbocycles. The number of aromatic nitrogens is 5. The Morgan fingerprint density at radius 3 is 2.53 bits per heavy atom. The summed E-state index contributed by atoms with van der Waals surface area (Å²) in [6.07, 6.45) is 17.8. The van der Waals surface area contributed by atoms with E-state index in [1.807, 2.05) is 29.9 Å². The van der Waals surface area contributed by atoms with Crippen molar-refractivity contribution in [1.82, 2.24) is 29.6 Å². The molecule has 2 aliphatic heterocycles. The predicted molar refractivity (Wildman–Crippen MR) is 186 cm³/mol. The third-order valence-electron chi connectivity index (χ3n) is 9.36. The largest absolute Gasteiger partial charge is 0.487 e. The highest BCUT2D eigenvalue weighted by Gasteiger charge is 2.42. The molecule has 4 aromatic rings. The first-order valence-corrected chi connectivity index (χ1v) is 17.1. The third-order valence-corrected chi connectivity index (χ3v) is 9.67. The van der Waals surface area contributed by atoms with Crippen molar-refractivity contribution >= 4 is 35.9 Å². The first-order chi connectivity index (χ1) is 24.0. The number of halogens is 1. The molecule has 0 amide bonds. The van der Waals surface area contributed by atoms with Crippen LogP contribution in [-0.4, -0.2) is 86.3 Å². The number of benzene rings is 1. The summed E-state index contributed by atoms with van der Waals surface area (Å²) in [5.41, 5.74) is 7.57. The van der Waals surface area contributed by atoms with E-state index < -0.39 is 0 Å². The SMILES string of the molecule is C[C@@H](CN=CN=CN)Oc1cc(-c2cnc(Nc3cn(C4CCC(N5[C@@H]6CC[C@H]5COC6)CC4)nc3OCc3ncco3)nc2)ccc1Cl. The lowest BCUT2D eigenvalue weighted by molar-refractivity contribution is -0.0458. The number of rotatable bonds is 13. The van der Waals surface area contributed by atoms with Gasteiger partial charge in [0.15, 0.2) is 6.61 Å². The highest BCUT2D eigenvalue weighted by atomic mass is 35.5. The molecular weight excluding hydrogens is 648 g/mol. The van der Waals surface area contributed by atoms with Crippen LogP contribution in [-0.2, 0) is 11.3 Å². The summed E-state index contributed by atoms with van der Waals surface area (Å²) >= 11 is 6.43. The number of morpholine rings is 1. The minimum atomic E-state index is -0.226. The van der Waals surface area contributed by atoms with Gasteiger partial charge in [0, 0.05) is 36.1 Å². The standard InChI is InChI=1S/C34H41ClN10O4/c1-22(13-37-21-38-20-36)49-31-12-23(2-9-29(31)35)24-14-40-34(41-15-24)42-30-16-44(43-33(30)48-19-32-39-10-11-47-32)25-3-5-26(6-4-25)45-27-7-8-28(45)18-46-17-27/h2,9-12,14-16,20-22,25-28H,3-8,13,17-19H2,1H3,(H2,36,37,38)(H,40,41,42)/t22-,25?,26?,27-,28+/m0/s1. The lowest BCUT2D eigenvalue weighted by Crippen LogP contribution is -2.52. The number of hydrogen-bond donors (Lipinski definition) is 2. The van der Waals surface area contributed by atoms with Crippen molar-refractivity contribution in [3.05, 3.63) is 60.2 Å². The van der Waals surface area contributed by atoms with Crippen LogP contribution in [0.25, 0.3) is 11.1 Å². The fraction of sp³-hybridized carbons (Fsp3) is 0.471. The van der Waals surface area contributed by atoms with Crippen molar-refractivity contribution in [1.29, 1.82) is 0 Å². The number of aliphatic imine (C=N–C) groups is 2. The van der Waals surface area contributed by atoms with Crippen molar-refractivity contribution in [3.8, 4) is 22.8 Å². The van der Waals surface area contributed by atoms with Crippen molar-refractivity contribution in [3.63, 3.8) is 0 Å². The van der Waals surface area contributed by atoms with Gasteiger partial charge >= 0.3 is 0 Å². The molecule has 2 bridgehead atoms. The van der Waals surface area contributed by atoms with Crippen LogP contribution >= 0.6 is 11.6 Å². The maximum Gasteiger partial charge on any atom is 0.257 e. The average Bonchev–Trinajstić information content (AvgIpc) is 3.85. The van der Waals surface area contributed by atoms with E-state index in [2.05, 4.69) is 35.2 Å². The summed E-state index contributed by atoms with van der Waals surface area (Å²) in [7, 11) is 0. The van der Waals surface area contributed by atoms with Crippen LogP contribution in [0.1, 0.15) is 57.4 Å². The van der Waals surface area contributed by atoms with Gasteiger partial charge < -0.3 is 29.7 Å². The highest BCUT2D eigenvalue weighted by Crippen LogP contribution is 2.40. The molecule has 0 unspecified atom stereocenters. The molecule has 1 aliphatic carbocycles. The molecule has 0 spiro atoms. The molecule has 1 saturated carbocycles. The van der Waals surface area contributed by atoms with Gasteiger partial charge in [0.25, 0.3) is 5.88 Å². The number of anilines is 2. The monoisotopic (exact) mass is 688 g/mol. The number of fused-ring (bicyclic) bond motifs is 2. The normalized spacial score (nSPS) is 23.3. The molecule has 0 radical (unpaired) electrons. The number of nitrogens with zero attached hydrogens (tertiary/aromatic N) is 8. The summed E-state index contributed by atoms with van der Waals surface area (Å²) in [5.74, 6) is 1.86. The van der Waals surface area contributed by atoms with Crippen LogP contribution in [0, 0.1) is 0 Å². The second-order valence-electron chi connectivity index (χ2n) is 12.6. The average molecular weight is 689 g/mol. The fourth-order valence-electron chi connectivity index (χ4n) is 7.06. The minimum absolute atomic E-state index is 0.151. The van der Waals surface area contributed by atoms with Gasteiger partial charge in [0.2, 0.25) is 11.8 Å². The van der Waals surface area contributed by atoms with E-state index >= 15 is 0 Å². The molecule has 258 valence electrons. The van der Waals surface area contributed by atoms with E-state index in [0.29, 0.717) is 58.8 Å². The maximum absolute atomic E-state index is 6.43. The van der Waals surface area contributed by atoms with Gasteiger partial charge in [-0.2, -0.15) is 0 Å². The summed E-state index contributed by atoms with van der Waals surface area (Å²) in [5, 5.41) is 8.68. The fourth-order valence-corrected chi connectivity index (χ4v) is 7.22. The van der Waals surface area contributed by atoms with E-state index in [4.69, 9.17) is 41.1 Å². The molecule has 3 atom stereocenters. The van der Waals surface area contributed by atoms with Crippen molar-refractivity contribution < 1.29 is 18.6 Å². The maximum atomic E-state index is 6.43. The number of hydrogen-bond acceptors (Lipinski definition) is 11. The molecule has 7 rings (SSSR count). The first kappa shape index (κ1) is 33.0. The molecule has 5 heterocycles. The molecule has 2 saturated heterocycles. The summed E-state index contributed by atoms with van der Waals surface area (Å²) in [4.78, 5) is 24.1. The second-order valence-corrected chi connectivity index (χ2v) is 13.1. The van der Waals surface area contributed by atoms with E-state index in [0.717, 1.165) is 50.0 Å². The van der Waals surface area contributed by atoms with Crippen molar-refractivity contribution in [2.45, 2.75) is 82.3 Å². The lowest BCUT2D eigenvalue weighted by Gasteiger charge is -2.43. The van der Waals surface area contributed by atoms with Gasteiger partial charge in [-0.25, -0.2) is 19.9 Å². The van der Waals surface area contributed by atoms with E-state index in [1.165, 1.54) is 31.8 Å². The van der Waals surface area contributed by atoms with Gasteiger partial charge in [-0.3, -0.25) is 14.6 Å². The smallest absolute Gasteiger partial charge is 0.257 e. The molecule has 49 heavy (non-hydrogen) atoms. The lowest BCUT2D eigenvalue weighted by atomic mass is 9.89. The summed E-state index contributed by atoms with van der Waals surface area (Å²) in [6, 6.07) is 7.59.